The summed E-state index contributed by atoms with van der Waals surface area (Å²) >= 11 is 0. The van der Waals surface area contributed by atoms with Gasteiger partial charge in [0.05, 0.1) is 0 Å². The summed E-state index contributed by atoms with van der Waals surface area (Å²) in [6.07, 6.45) is 0.479. The lowest BCUT2D eigenvalue weighted by atomic mass is 10.2. The van der Waals surface area contributed by atoms with Crippen LogP contribution < -0.4 is 15.4 Å². The quantitative estimate of drug-likeness (QED) is 0.834. The maximum Gasteiger partial charge on any atom is 0.387 e. The highest BCUT2D eigenvalue weighted by Gasteiger charge is 2.20. The lowest BCUT2D eigenvalue weighted by Crippen LogP contribution is -2.30. The largest absolute Gasteiger partial charge is 0.435 e. The summed E-state index contributed by atoms with van der Waals surface area (Å²) in [4.78, 5) is 11.0. The number of carbonyl (C=O) groups is 1. The maximum atomic E-state index is 11.9. The first-order valence-corrected chi connectivity index (χ1v) is 5.67. The van der Waals surface area contributed by atoms with E-state index in [1.807, 2.05) is 0 Å². The molecule has 2 rings (SSSR count). The third-order valence-electron chi connectivity index (χ3n) is 2.72. The van der Waals surface area contributed by atoms with E-state index in [0.717, 1.165) is 5.56 Å². The van der Waals surface area contributed by atoms with E-state index in [2.05, 4.69) is 15.4 Å². The molecule has 1 aromatic rings. The van der Waals surface area contributed by atoms with E-state index >= 15 is 0 Å². The standard InChI is InChI=1S/C12H14F2N2O2/c13-12(14)18-10-3-1-8(2-4-10)6-15-9-5-11(17)16-7-9/h1-4,9,12,15H,5-7H2,(H,16,17). The van der Waals surface area contributed by atoms with E-state index in [-0.39, 0.29) is 17.7 Å². The Morgan fingerprint density at radius 2 is 2.11 bits per heavy atom. The first kappa shape index (κ1) is 12.8. The van der Waals surface area contributed by atoms with Gasteiger partial charge < -0.3 is 15.4 Å². The Balaban J connectivity index is 1.81. The van der Waals surface area contributed by atoms with Crippen LogP contribution >= 0.6 is 0 Å². The van der Waals surface area contributed by atoms with Gasteiger partial charge in [-0.05, 0) is 17.7 Å². The summed E-state index contributed by atoms with van der Waals surface area (Å²) in [6.45, 7) is -1.58. The van der Waals surface area contributed by atoms with Gasteiger partial charge in [0, 0.05) is 25.6 Å². The molecule has 0 bridgehead atoms. The van der Waals surface area contributed by atoms with Gasteiger partial charge in [-0.2, -0.15) is 8.78 Å². The zero-order chi connectivity index (χ0) is 13.0. The average Bonchev–Trinajstić information content (AvgIpc) is 2.74. The zero-order valence-electron chi connectivity index (χ0n) is 9.66. The predicted molar refractivity (Wildman–Crippen MR) is 61.3 cm³/mol. The number of hydrogen-bond donors (Lipinski definition) is 2. The number of hydrogen-bond acceptors (Lipinski definition) is 3. The molecule has 0 saturated carbocycles. The number of halogens is 2. The van der Waals surface area contributed by atoms with Gasteiger partial charge in [-0.1, -0.05) is 12.1 Å². The van der Waals surface area contributed by atoms with Gasteiger partial charge in [-0.3, -0.25) is 4.79 Å². The van der Waals surface area contributed by atoms with E-state index in [1.54, 1.807) is 12.1 Å². The maximum absolute atomic E-state index is 11.9. The Morgan fingerprint density at radius 1 is 1.39 bits per heavy atom. The minimum Gasteiger partial charge on any atom is -0.435 e. The number of nitrogens with one attached hydrogen (secondary N) is 2. The summed E-state index contributed by atoms with van der Waals surface area (Å²) in [7, 11) is 0. The van der Waals surface area contributed by atoms with Crippen LogP contribution in [0.15, 0.2) is 24.3 Å². The van der Waals surface area contributed by atoms with E-state index in [9.17, 15) is 13.6 Å². The number of ether oxygens (including phenoxy) is 1. The molecule has 1 atom stereocenters. The fourth-order valence-corrected chi connectivity index (χ4v) is 1.80. The predicted octanol–water partition coefficient (Wildman–Crippen LogP) is 1.27. The van der Waals surface area contributed by atoms with E-state index in [0.29, 0.717) is 19.5 Å². The molecule has 0 aliphatic carbocycles. The van der Waals surface area contributed by atoms with Crippen molar-refractivity contribution in [1.82, 2.24) is 10.6 Å². The third kappa shape index (κ3) is 3.66. The van der Waals surface area contributed by atoms with Crippen molar-refractivity contribution < 1.29 is 18.3 Å². The molecule has 0 spiro atoms. The van der Waals surface area contributed by atoms with E-state index in [1.165, 1.54) is 12.1 Å². The van der Waals surface area contributed by atoms with Crippen molar-refractivity contribution in [2.45, 2.75) is 25.6 Å². The van der Waals surface area contributed by atoms with Crippen LogP contribution in [0.4, 0.5) is 8.78 Å². The molecular weight excluding hydrogens is 242 g/mol. The van der Waals surface area contributed by atoms with Crippen LogP contribution in [0.5, 0.6) is 5.75 Å². The Morgan fingerprint density at radius 3 is 2.67 bits per heavy atom. The Bertz CT molecular complexity index is 409. The lowest BCUT2D eigenvalue weighted by Gasteiger charge is -2.10. The summed E-state index contributed by atoms with van der Waals surface area (Å²) in [5.41, 5.74) is 0.955. The van der Waals surface area contributed by atoms with E-state index < -0.39 is 6.61 Å². The van der Waals surface area contributed by atoms with E-state index in [4.69, 9.17) is 0 Å². The van der Waals surface area contributed by atoms with Crippen molar-refractivity contribution in [3.63, 3.8) is 0 Å². The van der Waals surface area contributed by atoms with Crippen LogP contribution in [-0.4, -0.2) is 25.1 Å². The molecule has 1 amide bonds. The van der Waals surface area contributed by atoms with Crippen molar-refractivity contribution in [3.8, 4) is 5.75 Å². The smallest absolute Gasteiger partial charge is 0.387 e. The summed E-state index contributed by atoms with van der Waals surface area (Å²) in [6, 6.07) is 6.57. The number of carbonyl (C=O) groups excluding carboxylic acids is 1. The van der Waals surface area contributed by atoms with Crippen LogP contribution in [0.3, 0.4) is 0 Å². The summed E-state index contributed by atoms with van der Waals surface area (Å²) < 4.78 is 28.1. The van der Waals surface area contributed by atoms with Crippen LogP contribution in [0.2, 0.25) is 0 Å². The third-order valence-corrected chi connectivity index (χ3v) is 2.72. The van der Waals surface area contributed by atoms with Crippen molar-refractivity contribution in [2.24, 2.45) is 0 Å². The summed E-state index contributed by atoms with van der Waals surface area (Å²) in [5, 5.41) is 5.95. The molecule has 0 aromatic heterocycles. The molecule has 4 nitrogen and oxygen atoms in total. The molecule has 2 N–H and O–H groups in total. The average molecular weight is 256 g/mol. The second-order valence-corrected chi connectivity index (χ2v) is 4.11. The fourth-order valence-electron chi connectivity index (χ4n) is 1.80. The number of benzene rings is 1. The first-order valence-electron chi connectivity index (χ1n) is 5.67. The second-order valence-electron chi connectivity index (χ2n) is 4.11. The molecule has 1 fully saturated rings. The van der Waals surface area contributed by atoms with Crippen LogP contribution in [0.25, 0.3) is 0 Å². The Kier molecular flexibility index (Phi) is 4.09. The molecule has 98 valence electrons. The molecule has 0 radical (unpaired) electrons. The molecule has 1 aliphatic rings. The second kappa shape index (κ2) is 5.77. The Labute approximate surface area is 103 Å². The molecular formula is C12H14F2N2O2. The molecule has 6 heteroatoms. The van der Waals surface area contributed by atoms with Gasteiger partial charge in [0.15, 0.2) is 0 Å². The fraction of sp³-hybridized carbons (Fsp3) is 0.417. The van der Waals surface area contributed by atoms with Crippen molar-refractivity contribution >= 4 is 5.91 Å². The van der Waals surface area contributed by atoms with Crippen molar-refractivity contribution in [3.05, 3.63) is 29.8 Å². The minimum absolute atomic E-state index is 0.0492. The number of rotatable bonds is 5. The molecule has 1 unspecified atom stereocenters. The first-order chi connectivity index (χ1) is 8.63. The van der Waals surface area contributed by atoms with Gasteiger partial charge in [-0.25, -0.2) is 0 Å². The van der Waals surface area contributed by atoms with Crippen LogP contribution in [-0.2, 0) is 11.3 Å². The molecule has 18 heavy (non-hydrogen) atoms. The number of alkyl halides is 2. The monoisotopic (exact) mass is 256 g/mol. The van der Waals surface area contributed by atoms with Gasteiger partial charge in [0.2, 0.25) is 5.91 Å². The topological polar surface area (TPSA) is 50.4 Å². The van der Waals surface area contributed by atoms with Gasteiger partial charge in [0.1, 0.15) is 5.75 Å². The van der Waals surface area contributed by atoms with Crippen LogP contribution in [0, 0.1) is 0 Å². The highest BCUT2D eigenvalue weighted by Crippen LogP contribution is 2.15. The number of amides is 1. The van der Waals surface area contributed by atoms with Crippen molar-refractivity contribution in [1.29, 1.82) is 0 Å². The van der Waals surface area contributed by atoms with Crippen LogP contribution in [0.1, 0.15) is 12.0 Å². The molecule has 1 heterocycles. The molecule has 1 aliphatic heterocycles. The normalized spacial score (nSPS) is 19.1. The molecule has 1 aromatic carbocycles. The van der Waals surface area contributed by atoms with Crippen molar-refractivity contribution in [2.75, 3.05) is 6.54 Å². The summed E-state index contributed by atoms with van der Waals surface area (Å²) in [5.74, 6) is 0.194. The minimum atomic E-state index is -2.80. The zero-order valence-corrected chi connectivity index (χ0v) is 9.66. The molecule has 1 saturated heterocycles. The Hall–Kier alpha value is -1.69. The highest BCUT2D eigenvalue weighted by molar-refractivity contribution is 5.78. The van der Waals surface area contributed by atoms with Gasteiger partial charge in [-0.15, -0.1) is 0 Å². The lowest BCUT2D eigenvalue weighted by molar-refractivity contribution is -0.119. The van der Waals surface area contributed by atoms with Gasteiger partial charge in [0.25, 0.3) is 0 Å². The van der Waals surface area contributed by atoms with Gasteiger partial charge >= 0.3 is 6.61 Å². The highest BCUT2D eigenvalue weighted by atomic mass is 19.3. The SMILES string of the molecule is O=C1CC(NCc2ccc(OC(F)F)cc2)CN1.